The third-order valence-electron chi connectivity index (χ3n) is 3.33. The van der Waals surface area contributed by atoms with Gasteiger partial charge >= 0.3 is 0 Å². The second-order valence-corrected chi connectivity index (χ2v) is 4.99. The molecule has 2 aliphatic carbocycles. The predicted octanol–water partition coefficient (Wildman–Crippen LogP) is 1.52. The van der Waals surface area contributed by atoms with Gasteiger partial charge in [0.25, 0.3) is 0 Å². The van der Waals surface area contributed by atoms with Crippen LogP contribution in [0.4, 0.5) is 0 Å². The third-order valence-corrected chi connectivity index (χ3v) is 3.33. The standard InChI is InChI=1S/C13H18N2O2/c16-13(8-14-10-3-4-10)15(11-5-6-11)9-12-2-1-7-17-12/h1-2,7,10-11,14H,3-6,8-9H2. The van der Waals surface area contributed by atoms with Gasteiger partial charge in [-0.1, -0.05) is 0 Å². The Balaban J connectivity index is 1.56. The van der Waals surface area contributed by atoms with Crippen LogP contribution in [0, 0.1) is 0 Å². The first-order valence-electron chi connectivity index (χ1n) is 6.38. The van der Waals surface area contributed by atoms with Crippen LogP contribution in [-0.4, -0.2) is 29.4 Å². The Morgan fingerprint density at radius 3 is 2.82 bits per heavy atom. The number of furan rings is 1. The fraction of sp³-hybridized carbons (Fsp3) is 0.615. The van der Waals surface area contributed by atoms with Gasteiger partial charge in [0, 0.05) is 12.1 Å². The SMILES string of the molecule is O=C(CNC1CC1)N(Cc1ccco1)C1CC1. The van der Waals surface area contributed by atoms with Crippen molar-refractivity contribution in [1.82, 2.24) is 10.2 Å². The lowest BCUT2D eigenvalue weighted by Crippen LogP contribution is -2.39. The summed E-state index contributed by atoms with van der Waals surface area (Å²) in [6.07, 6.45) is 6.36. The monoisotopic (exact) mass is 234 g/mol. The molecule has 0 bridgehead atoms. The molecule has 0 spiro atoms. The first-order chi connectivity index (χ1) is 8.33. The highest BCUT2D eigenvalue weighted by Gasteiger charge is 2.33. The van der Waals surface area contributed by atoms with Crippen molar-refractivity contribution in [1.29, 1.82) is 0 Å². The minimum atomic E-state index is 0.204. The second-order valence-electron chi connectivity index (χ2n) is 4.99. The molecule has 92 valence electrons. The van der Waals surface area contributed by atoms with Crippen molar-refractivity contribution < 1.29 is 9.21 Å². The van der Waals surface area contributed by atoms with Crippen molar-refractivity contribution in [3.63, 3.8) is 0 Å². The van der Waals surface area contributed by atoms with Gasteiger partial charge < -0.3 is 14.6 Å². The Kier molecular flexibility index (Phi) is 2.89. The Morgan fingerprint density at radius 1 is 1.41 bits per heavy atom. The van der Waals surface area contributed by atoms with Crippen LogP contribution in [0.1, 0.15) is 31.4 Å². The van der Waals surface area contributed by atoms with Crippen molar-refractivity contribution in [2.45, 2.75) is 44.3 Å². The topological polar surface area (TPSA) is 45.5 Å². The van der Waals surface area contributed by atoms with Gasteiger partial charge in [0.1, 0.15) is 5.76 Å². The summed E-state index contributed by atoms with van der Waals surface area (Å²) in [4.78, 5) is 14.1. The lowest BCUT2D eigenvalue weighted by atomic mass is 10.3. The molecule has 2 saturated carbocycles. The van der Waals surface area contributed by atoms with Gasteiger partial charge in [0.15, 0.2) is 0 Å². The summed E-state index contributed by atoms with van der Waals surface area (Å²) in [6, 6.07) is 4.82. The summed E-state index contributed by atoms with van der Waals surface area (Å²) in [5, 5.41) is 3.28. The maximum Gasteiger partial charge on any atom is 0.237 e. The van der Waals surface area contributed by atoms with Crippen LogP contribution in [0.25, 0.3) is 0 Å². The van der Waals surface area contributed by atoms with Gasteiger partial charge in [0.2, 0.25) is 5.91 Å². The Bertz CT molecular complexity index is 380. The van der Waals surface area contributed by atoms with Gasteiger partial charge in [-0.05, 0) is 37.8 Å². The molecule has 0 unspecified atom stereocenters. The minimum Gasteiger partial charge on any atom is -0.467 e. The van der Waals surface area contributed by atoms with Crippen molar-refractivity contribution in [3.05, 3.63) is 24.2 Å². The largest absolute Gasteiger partial charge is 0.467 e. The first-order valence-corrected chi connectivity index (χ1v) is 6.38. The van der Waals surface area contributed by atoms with E-state index in [9.17, 15) is 4.79 Å². The molecule has 4 heteroatoms. The molecule has 0 radical (unpaired) electrons. The van der Waals surface area contributed by atoms with Crippen LogP contribution < -0.4 is 5.32 Å². The highest BCUT2D eigenvalue weighted by molar-refractivity contribution is 5.79. The third kappa shape index (κ3) is 2.88. The smallest absolute Gasteiger partial charge is 0.237 e. The van der Waals surface area contributed by atoms with Gasteiger partial charge in [-0.2, -0.15) is 0 Å². The molecule has 0 atom stereocenters. The summed E-state index contributed by atoms with van der Waals surface area (Å²) in [5.41, 5.74) is 0. The highest BCUT2D eigenvalue weighted by Crippen LogP contribution is 2.28. The number of carbonyl (C=O) groups is 1. The maximum absolute atomic E-state index is 12.1. The predicted molar refractivity (Wildman–Crippen MR) is 63.3 cm³/mol. The van der Waals surface area contributed by atoms with Crippen LogP contribution in [0.3, 0.4) is 0 Å². The number of nitrogens with zero attached hydrogens (tertiary/aromatic N) is 1. The van der Waals surface area contributed by atoms with Crippen LogP contribution >= 0.6 is 0 Å². The van der Waals surface area contributed by atoms with Crippen molar-refractivity contribution in [3.8, 4) is 0 Å². The molecule has 17 heavy (non-hydrogen) atoms. The molecular formula is C13H18N2O2. The lowest BCUT2D eigenvalue weighted by molar-refractivity contribution is -0.131. The molecular weight excluding hydrogens is 216 g/mol. The average Bonchev–Trinajstić information content (AvgIpc) is 3.24. The highest BCUT2D eigenvalue weighted by atomic mass is 16.3. The van der Waals surface area contributed by atoms with Crippen molar-refractivity contribution >= 4 is 5.91 Å². The van der Waals surface area contributed by atoms with E-state index in [2.05, 4.69) is 5.32 Å². The summed E-state index contributed by atoms with van der Waals surface area (Å²) in [5.74, 6) is 1.08. The quantitative estimate of drug-likeness (QED) is 0.811. The first kappa shape index (κ1) is 10.8. The zero-order chi connectivity index (χ0) is 11.7. The van der Waals surface area contributed by atoms with E-state index < -0.39 is 0 Å². The summed E-state index contributed by atoms with van der Waals surface area (Å²) < 4.78 is 5.32. The van der Waals surface area contributed by atoms with Crippen LogP contribution in [0.5, 0.6) is 0 Å². The molecule has 0 saturated heterocycles. The fourth-order valence-electron chi connectivity index (χ4n) is 2.00. The molecule has 0 aliphatic heterocycles. The van der Waals surface area contributed by atoms with Crippen molar-refractivity contribution in [2.24, 2.45) is 0 Å². The molecule has 1 N–H and O–H groups in total. The van der Waals surface area contributed by atoms with E-state index >= 15 is 0 Å². The summed E-state index contributed by atoms with van der Waals surface area (Å²) in [7, 11) is 0. The zero-order valence-electron chi connectivity index (χ0n) is 9.89. The van der Waals surface area contributed by atoms with E-state index in [4.69, 9.17) is 4.42 Å². The Labute approximate surface area is 101 Å². The van der Waals surface area contributed by atoms with Crippen LogP contribution in [0.2, 0.25) is 0 Å². The van der Waals surface area contributed by atoms with Gasteiger partial charge in [0.05, 0.1) is 19.4 Å². The van der Waals surface area contributed by atoms with E-state index in [1.54, 1.807) is 6.26 Å². The number of carbonyl (C=O) groups excluding carboxylic acids is 1. The van der Waals surface area contributed by atoms with Crippen LogP contribution in [0.15, 0.2) is 22.8 Å². The number of amides is 1. The average molecular weight is 234 g/mol. The van der Waals surface area contributed by atoms with E-state index in [0.717, 1.165) is 18.6 Å². The number of nitrogens with one attached hydrogen (secondary N) is 1. The molecule has 1 amide bonds. The zero-order valence-corrected chi connectivity index (χ0v) is 9.89. The van der Waals surface area contributed by atoms with Crippen molar-refractivity contribution in [2.75, 3.05) is 6.54 Å². The van der Waals surface area contributed by atoms with Gasteiger partial charge in [-0.25, -0.2) is 0 Å². The molecule has 1 aromatic rings. The van der Waals surface area contributed by atoms with Gasteiger partial charge in [-0.3, -0.25) is 4.79 Å². The van der Waals surface area contributed by atoms with E-state index in [1.807, 2.05) is 17.0 Å². The minimum absolute atomic E-state index is 0.204. The Morgan fingerprint density at radius 2 is 2.24 bits per heavy atom. The van der Waals surface area contributed by atoms with Gasteiger partial charge in [-0.15, -0.1) is 0 Å². The molecule has 3 rings (SSSR count). The lowest BCUT2D eigenvalue weighted by Gasteiger charge is -2.21. The normalized spacial score (nSPS) is 19.3. The molecule has 4 nitrogen and oxygen atoms in total. The van der Waals surface area contributed by atoms with E-state index in [0.29, 0.717) is 25.2 Å². The molecule has 1 heterocycles. The maximum atomic E-state index is 12.1. The van der Waals surface area contributed by atoms with E-state index in [-0.39, 0.29) is 5.91 Å². The van der Waals surface area contributed by atoms with Crippen LogP contribution in [-0.2, 0) is 11.3 Å². The molecule has 2 aliphatic rings. The molecule has 0 aromatic carbocycles. The fourth-order valence-corrected chi connectivity index (χ4v) is 2.00. The van der Waals surface area contributed by atoms with E-state index in [1.165, 1.54) is 12.8 Å². The number of rotatable bonds is 6. The summed E-state index contributed by atoms with van der Waals surface area (Å²) >= 11 is 0. The molecule has 2 fully saturated rings. The number of hydrogen-bond donors (Lipinski definition) is 1. The number of hydrogen-bond acceptors (Lipinski definition) is 3. The second kappa shape index (κ2) is 4.53. The Hall–Kier alpha value is -1.29. The molecule has 1 aromatic heterocycles. The summed E-state index contributed by atoms with van der Waals surface area (Å²) in [6.45, 7) is 1.09.